The molecular weight excluding hydrogens is 566 g/mol. The Balaban J connectivity index is 1.49. The summed E-state index contributed by atoms with van der Waals surface area (Å²) in [4.78, 5) is 0. The predicted molar refractivity (Wildman–Crippen MR) is 178 cm³/mol. The molecule has 2 aromatic heterocycles. The molecule has 0 fully saturated rings. The van der Waals surface area contributed by atoms with E-state index in [-0.39, 0.29) is 0 Å². The van der Waals surface area contributed by atoms with Crippen LogP contribution < -0.4 is 0 Å². The molecule has 8 aromatic rings. The van der Waals surface area contributed by atoms with E-state index >= 15 is 0 Å². The highest BCUT2D eigenvalue weighted by Crippen LogP contribution is 2.40. The van der Waals surface area contributed by atoms with Crippen molar-refractivity contribution in [2.75, 3.05) is 0 Å². The van der Waals surface area contributed by atoms with Crippen molar-refractivity contribution in [2.24, 2.45) is 0 Å². The Morgan fingerprint density at radius 1 is 0.435 bits per heavy atom. The molecule has 6 aromatic carbocycles. The van der Waals surface area contributed by atoms with Crippen LogP contribution in [0.1, 0.15) is 22.3 Å². The number of benzene rings is 6. The minimum Gasteiger partial charge on any atom is -0.456 e. The molecule has 6 nitrogen and oxygen atoms in total. The lowest BCUT2D eigenvalue weighted by Crippen LogP contribution is -1.96. The molecule has 2 heterocycles. The third kappa shape index (κ3) is 3.86. The Morgan fingerprint density at radius 3 is 1.46 bits per heavy atom. The first-order chi connectivity index (χ1) is 22.6. The fourth-order valence-corrected chi connectivity index (χ4v) is 6.56. The van der Waals surface area contributed by atoms with Crippen molar-refractivity contribution in [3.8, 4) is 52.2 Å². The molecule has 0 atom stereocenters. The number of para-hydroxylation sites is 1. The first-order valence-electron chi connectivity index (χ1n) is 14.5. The van der Waals surface area contributed by atoms with Gasteiger partial charge in [-0.2, -0.15) is 21.0 Å². The summed E-state index contributed by atoms with van der Waals surface area (Å²) in [7, 11) is 0. The number of furan rings is 1. The monoisotopic (exact) mass is 585 g/mol. The highest BCUT2D eigenvalue weighted by molar-refractivity contribution is 6.12. The fraction of sp³-hybridized carbons (Fsp3) is 0. The van der Waals surface area contributed by atoms with Crippen molar-refractivity contribution in [3.63, 3.8) is 0 Å². The average molecular weight is 586 g/mol. The van der Waals surface area contributed by atoms with Gasteiger partial charge in [-0.1, -0.05) is 54.6 Å². The van der Waals surface area contributed by atoms with E-state index in [0.717, 1.165) is 60.6 Å². The zero-order valence-corrected chi connectivity index (χ0v) is 24.1. The Bertz CT molecular complexity index is 2560. The second-order valence-electron chi connectivity index (χ2n) is 11.0. The molecule has 0 radical (unpaired) electrons. The van der Waals surface area contributed by atoms with Crippen LogP contribution in [0.25, 0.3) is 71.7 Å². The molecule has 0 unspecified atom stereocenters. The van der Waals surface area contributed by atoms with E-state index in [4.69, 9.17) is 4.42 Å². The van der Waals surface area contributed by atoms with Gasteiger partial charge in [0.05, 0.1) is 57.6 Å². The first-order valence-corrected chi connectivity index (χ1v) is 14.5. The van der Waals surface area contributed by atoms with E-state index in [1.807, 2.05) is 72.8 Å². The third-order valence-electron chi connectivity index (χ3n) is 8.57. The summed E-state index contributed by atoms with van der Waals surface area (Å²) in [6.07, 6.45) is 0. The van der Waals surface area contributed by atoms with E-state index in [1.54, 1.807) is 36.4 Å². The zero-order valence-electron chi connectivity index (χ0n) is 24.1. The minimum absolute atomic E-state index is 0.423. The Hall–Kier alpha value is -7.12. The molecule has 0 bridgehead atoms. The van der Waals surface area contributed by atoms with Crippen molar-refractivity contribution in [3.05, 3.63) is 138 Å². The first kappa shape index (κ1) is 26.5. The van der Waals surface area contributed by atoms with Crippen LogP contribution >= 0.6 is 0 Å². The number of fused-ring (bicyclic) bond motifs is 6. The van der Waals surface area contributed by atoms with Gasteiger partial charge < -0.3 is 8.98 Å². The van der Waals surface area contributed by atoms with E-state index in [1.165, 1.54) is 0 Å². The Labute approximate surface area is 263 Å². The molecule has 8 rings (SSSR count). The molecule has 6 heteroatoms. The molecule has 0 aliphatic rings. The lowest BCUT2D eigenvalue weighted by Gasteiger charge is -2.12. The quantitative estimate of drug-likeness (QED) is 0.205. The predicted octanol–water partition coefficient (Wildman–Crippen LogP) is 9.50. The largest absolute Gasteiger partial charge is 0.456 e. The van der Waals surface area contributed by atoms with Gasteiger partial charge in [0.1, 0.15) is 11.2 Å². The summed E-state index contributed by atoms with van der Waals surface area (Å²) in [5.74, 6) is 0. The standard InChI is InChI=1S/C40H19N5O/c41-20-26-5-3-6-27(21-42)39(26)24-11-14-31-32-15-12-25(40-28(22-43)7-4-8-29(40)23-44)18-36(32)45(35(31)17-24)30-13-16-38-34(19-30)33-9-1-2-10-37(33)46-38/h1-19H. The van der Waals surface area contributed by atoms with Crippen LogP contribution in [-0.2, 0) is 0 Å². The summed E-state index contributed by atoms with van der Waals surface area (Å²) in [5, 5.41) is 43.7. The van der Waals surface area contributed by atoms with E-state index in [2.05, 4.69) is 34.9 Å². The Kier molecular flexibility index (Phi) is 5.91. The summed E-state index contributed by atoms with van der Waals surface area (Å²) in [6.45, 7) is 0. The van der Waals surface area contributed by atoms with Crippen molar-refractivity contribution in [1.29, 1.82) is 21.0 Å². The fourth-order valence-electron chi connectivity index (χ4n) is 6.56. The van der Waals surface area contributed by atoms with Gasteiger partial charge in [0.15, 0.2) is 0 Å². The summed E-state index contributed by atoms with van der Waals surface area (Å²) in [6, 6.07) is 45.3. The second-order valence-corrected chi connectivity index (χ2v) is 11.0. The molecule has 0 saturated carbocycles. The van der Waals surface area contributed by atoms with Crippen molar-refractivity contribution < 1.29 is 4.42 Å². The van der Waals surface area contributed by atoms with Gasteiger partial charge in [0.25, 0.3) is 0 Å². The maximum Gasteiger partial charge on any atom is 0.135 e. The lowest BCUT2D eigenvalue weighted by atomic mass is 9.94. The second kappa shape index (κ2) is 10.3. The van der Waals surface area contributed by atoms with Crippen molar-refractivity contribution in [2.45, 2.75) is 0 Å². The molecule has 0 spiro atoms. The highest BCUT2D eigenvalue weighted by atomic mass is 16.3. The van der Waals surface area contributed by atoms with Gasteiger partial charge in [-0.3, -0.25) is 0 Å². The van der Waals surface area contributed by atoms with Crippen LogP contribution in [0.15, 0.2) is 120 Å². The van der Waals surface area contributed by atoms with Crippen LogP contribution in [0, 0.1) is 45.3 Å². The number of nitrogens with zero attached hydrogens (tertiary/aromatic N) is 5. The number of hydrogen-bond acceptors (Lipinski definition) is 5. The topological polar surface area (TPSA) is 113 Å². The number of rotatable bonds is 3. The number of nitriles is 4. The molecule has 0 saturated heterocycles. The maximum absolute atomic E-state index is 9.93. The molecule has 0 aliphatic heterocycles. The Morgan fingerprint density at radius 2 is 0.935 bits per heavy atom. The van der Waals surface area contributed by atoms with Crippen LogP contribution in [0.3, 0.4) is 0 Å². The molecule has 0 amide bonds. The van der Waals surface area contributed by atoms with Gasteiger partial charge in [0, 0.05) is 38.4 Å². The average Bonchev–Trinajstić information content (AvgIpc) is 3.65. The lowest BCUT2D eigenvalue weighted by molar-refractivity contribution is 0.669. The van der Waals surface area contributed by atoms with Crippen molar-refractivity contribution in [1.82, 2.24) is 4.57 Å². The molecule has 210 valence electrons. The summed E-state index contributed by atoms with van der Waals surface area (Å²) in [5.41, 5.74) is 8.59. The highest BCUT2D eigenvalue weighted by Gasteiger charge is 2.19. The van der Waals surface area contributed by atoms with E-state index in [0.29, 0.717) is 33.4 Å². The number of hydrogen-bond donors (Lipinski definition) is 0. The van der Waals surface area contributed by atoms with Crippen LogP contribution in [0.2, 0.25) is 0 Å². The van der Waals surface area contributed by atoms with Crippen LogP contribution in [-0.4, -0.2) is 4.57 Å². The summed E-state index contributed by atoms with van der Waals surface area (Å²) < 4.78 is 8.28. The van der Waals surface area contributed by atoms with Gasteiger partial charge in [-0.25, -0.2) is 0 Å². The van der Waals surface area contributed by atoms with Gasteiger partial charge >= 0.3 is 0 Å². The molecule has 46 heavy (non-hydrogen) atoms. The maximum atomic E-state index is 9.93. The smallest absolute Gasteiger partial charge is 0.135 e. The van der Waals surface area contributed by atoms with Crippen molar-refractivity contribution >= 4 is 43.7 Å². The number of aromatic nitrogens is 1. The molecule has 0 N–H and O–H groups in total. The zero-order chi connectivity index (χ0) is 31.4. The molecular formula is C40H19N5O. The minimum atomic E-state index is 0.423. The van der Waals surface area contributed by atoms with E-state index < -0.39 is 0 Å². The summed E-state index contributed by atoms with van der Waals surface area (Å²) >= 11 is 0. The van der Waals surface area contributed by atoms with Crippen LogP contribution in [0.4, 0.5) is 0 Å². The normalized spacial score (nSPS) is 11.0. The van der Waals surface area contributed by atoms with Gasteiger partial charge in [0.2, 0.25) is 0 Å². The van der Waals surface area contributed by atoms with E-state index in [9.17, 15) is 21.0 Å². The van der Waals surface area contributed by atoms with Gasteiger partial charge in [-0.05, 0) is 71.8 Å². The SMILES string of the molecule is N#Cc1cccc(C#N)c1-c1ccc2c3ccc(-c4c(C#N)cccc4C#N)cc3n(-c3ccc4oc5ccccc5c4c3)c2c1. The third-order valence-corrected chi connectivity index (χ3v) is 8.57. The molecule has 0 aliphatic carbocycles. The van der Waals surface area contributed by atoms with Gasteiger partial charge in [-0.15, -0.1) is 0 Å². The van der Waals surface area contributed by atoms with Crippen LogP contribution in [0.5, 0.6) is 0 Å².